The van der Waals surface area contributed by atoms with E-state index in [1.54, 1.807) is 0 Å². The Morgan fingerprint density at radius 1 is 1.50 bits per heavy atom. The fraction of sp³-hybridized carbons (Fsp3) is 0.846. The molecule has 1 fully saturated rings. The van der Waals surface area contributed by atoms with E-state index in [1.165, 1.54) is 19.3 Å². The van der Waals surface area contributed by atoms with Gasteiger partial charge in [0.05, 0.1) is 6.07 Å². The summed E-state index contributed by atoms with van der Waals surface area (Å²) in [6.07, 6.45) is 6.45. The van der Waals surface area contributed by atoms with Crippen LogP contribution in [0.15, 0.2) is 0 Å². The highest BCUT2D eigenvalue weighted by Gasteiger charge is 2.24. The molecule has 3 atom stereocenters. The quantitative estimate of drug-likeness (QED) is 0.795. The van der Waals surface area contributed by atoms with Crippen LogP contribution in [0.2, 0.25) is 0 Å². The molecule has 1 saturated carbocycles. The molecule has 3 heteroatoms. The molecular formula is C13H22N2O. The van der Waals surface area contributed by atoms with Crippen molar-refractivity contribution in [1.82, 2.24) is 5.32 Å². The molecule has 1 aliphatic rings. The molecule has 0 spiro atoms. The smallest absolute Gasteiger partial charge is 0.237 e. The van der Waals surface area contributed by atoms with E-state index in [2.05, 4.69) is 18.3 Å². The van der Waals surface area contributed by atoms with Crippen LogP contribution < -0.4 is 5.32 Å². The van der Waals surface area contributed by atoms with E-state index in [0.717, 1.165) is 18.8 Å². The Bertz CT molecular complexity index is 270. The lowest BCUT2D eigenvalue weighted by molar-refractivity contribution is -0.124. The van der Waals surface area contributed by atoms with Gasteiger partial charge >= 0.3 is 0 Å². The van der Waals surface area contributed by atoms with Crippen molar-refractivity contribution >= 4 is 5.91 Å². The zero-order valence-electron chi connectivity index (χ0n) is 10.3. The molecule has 3 nitrogen and oxygen atoms in total. The summed E-state index contributed by atoms with van der Waals surface area (Å²) in [7, 11) is 0. The third kappa shape index (κ3) is 3.52. The number of carbonyl (C=O) groups excluding carboxylic acids is 1. The highest BCUT2D eigenvalue weighted by atomic mass is 16.1. The lowest BCUT2D eigenvalue weighted by atomic mass is 9.84. The van der Waals surface area contributed by atoms with Crippen molar-refractivity contribution < 1.29 is 4.79 Å². The summed E-state index contributed by atoms with van der Waals surface area (Å²) in [6, 6.07) is 2.35. The maximum absolute atomic E-state index is 11.7. The van der Waals surface area contributed by atoms with E-state index in [0.29, 0.717) is 12.5 Å². The van der Waals surface area contributed by atoms with E-state index in [1.807, 2.05) is 6.92 Å². The Morgan fingerprint density at radius 3 is 2.81 bits per heavy atom. The maximum Gasteiger partial charge on any atom is 0.237 e. The molecule has 1 rings (SSSR count). The molecule has 1 N–H and O–H groups in total. The molecule has 1 amide bonds. The van der Waals surface area contributed by atoms with Crippen molar-refractivity contribution in [3.05, 3.63) is 0 Å². The van der Waals surface area contributed by atoms with Gasteiger partial charge in [-0.05, 0) is 25.2 Å². The third-order valence-corrected chi connectivity index (χ3v) is 3.59. The molecule has 0 bridgehead atoms. The zero-order valence-corrected chi connectivity index (χ0v) is 10.3. The number of nitrogens with zero attached hydrogens (tertiary/aromatic N) is 1. The predicted molar refractivity (Wildman–Crippen MR) is 63.6 cm³/mol. The lowest BCUT2D eigenvalue weighted by Gasteiger charge is -2.29. The van der Waals surface area contributed by atoms with Gasteiger partial charge in [-0.2, -0.15) is 5.26 Å². The molecule has 3 unspecified atom stereocenters. The first-order valence-electron chi connectivity index (χ1n) is 6.41. The van der Waals surface area contributed by atoms with Crippen molar-refractivity contribution in [2.75, 3.05) is 0 Å². The van der Waals surface area contributed by atoms with Crippen LogP contribution >= 0.6 is 0 Å². The van der Waals surface area contributed by atoms with Crippen LogP contribution in [-0.2, 0) is 4.79 Å². The molecule has 0 aliphatic heterocycles. The van der Waals surface area contributed by atoms with Gasteiger partial charge < -0.3 is 5.32 Å². The highest BCUT2D eigenvalue weighted by Crippen LogP contribution is 2.26. The Hall–Kier alpha value is -1.04. The van der Waals surface area contributed by atoms with Gasteiger partial charge in [-0.1, -0.05) is 33.1 Å². The minimum absolute atomic E-state index is 0.0771. The van der Waals surface area contributed by atoms with Crippen LogP contribution in [0.4, 0.5) is 0 Å². The van der Waals surface area contributed by atoms with Gasteiger partial charge in [0.2, 0.25) is 5.91 Å². The Kier molecular flexibility index (Phi) is 5.31. The van der Waals surface area contributed by atoms with Crippen molar-refractivity contribution in [2.45, 2.75) is 58.4 Å². The van der Waals surface area contributed by atoms with Crippen LogP contribution in [-0.4, -0.2) is 11.9 Å². The number of nitrogens with one attached hydrogen (secondary N) is 1. The van der Waals surface area contributed by atoms with Crippen LogP contribution in [0.25, 0.3) is 0 Å². The first-order chi connectivity index (χ1) is 7.71. The van der Waals surface area contributed by atoms with Crippen molar-refractivity contribution in [3.63, 3.8) is 0 Å². The van der Waals surface area contributed by atoms with Crippen molar-refractivity contribution in [3.8, 4) is 6.07 Å². The number of hydrogen-bond donors (Lipinski definition) is 1. The van der Waals surface area contributed by atoms with Gasteiger partial charge in [0.1, 0.15) is 5.92 Å². The van der Waals surface area contributed by atoms with E-state index in [4.69, 9.17) is 5.26 Å². The Balaban J connectivity index is 2.42. The second-order valence-electron chi connectivity index (χ2n) is 4.74. The Labute approximate surface area is 98.2 Å². The summed E-state index contributed by atoms with van der Waals surface area (Å²) in [6.45, 7) is 4.09. The molecule has 0 aromatic rings. The number of hydrogen-bond acceptors (Lipinski definition) is 2. The van der Waals surface area contributed by atoms with Crippen LogP contribution in [0.1, 0.15) is 52.4 Å². The number of nitriles is 1. The van der Waals surface area contributed by atoms with Crippen LogP contribution in [0, 0.1) is 23.2 Å². The molecule has 0 aromatic heterocycles. The summed E-state index contributed by atoms with van der Waals surface area (Å²) < 4.78 is 0. The largest absolute Gasteiger partial charge is 0.352 e. The molecule has 1 aliphatic carbocycles. The lowest BCUT2D eigenvalue weighted by Crippen LogP contribution is -2.41. The monoisotopic (exact) mass is 222 g/mol. The summed E-state index contributed by atoms with van der Waals surface area (Å²) in [5, 5.41) is 11.8. The summed E-state index contributed by atoms with van der Waals surface area (Å²) >= 11 is 0. The molecule has 90 valence electrons. The minimum atomic E-state index is -0.470. The average Bonchev–Trinajstić information content (AvgIpc) is 2.31. The predicted octanol–water partition coefficient (Wildman–Crippen LogP) is 2.62. The zero-order chi connectivity index (χ0) is 12.0. The molecule has 16 heavy (non-hydrogen) atoms. The van der Waals surface area contributed by atoms with Crippen LogP contribution in [0.3, 0.4) is 0 Å². The summed E-state index contributed by atoms with van der Waals surface area (Å²) in [4.78, 5) is 11.7. The first-order valence-corrected chi connectivity index (χ1v) is 6.41. The number of carbonyl (C=O) groups is 1. The van der Waals surface area contributed by atoms with E-state index in [9.17, 15) is 4.79 Å². The standard InChI is InChI=1S/C13H22N2O/c1-3-10-6-5-7-12(8-10)15-13(16)11(4-2)9-14/h10-12H,3-8H2,1-2H3,(H,15,16). The first kappa shape index (κ1) is 13.0. The third-order valence-electron chi connectivity index (χ3n) is 3.59. The normalized spacial score (nSPS) is 26.8. The molecule has 0 radical (unpaired) electrons. The molecule has 0 saturated heterocycles. The van der Waals surface area contributed by atoms with E-state index in [-0.39, 0.29) is 5.91 Å². The number of amides is 1. The van der Waals surface area contributed by atoms with E-state index >= 15 is 0 Å². The number of rotatable bonds is 4. The van der Waals surface area contributed by atoms with Gasteiger partial charge in [-0.25, -0.2) is 0 Å². The summed E-state index contributed by atoms with van der Waals surface area (Å²) in [5.74, 6) is 0.204. The Morgan fingerprint density at radius 2 is 2.25 bits per heavy atom. The fourth-order valence-electron chi connectivity index (χ4n) is 2.43. The van der Waals surface area contributed by atoms with Gasteiger partial charge in [-0.3, -0.25) is 4.79 Å². The van der Waals surface area contributed by atoms with E-state index < -0.39 is 5.92 Å². The van der Waals surface area contributed by atoms with Gasteiger partial charge in [0, 0.05) is 6.04 Å². The van der Waals surface area contributed by atoms with Gasteiger partial charge in [0.25, 0.3) is 0 Å². The van der Waals surface area contributed by atoms with Crippen LogP contribution in [0.5, 0.6) is 0 Å². The average molecular weight is 222 g/mol. The maximum atomic E-state index is 11.7. The highest BCUT2D eigenvalue weighted by molar-refractivity contribution is 5.81. The minimum Gasteiger partial charge on any atom is -0.352 e. The fourth-order valence-corrected chi connectivity index (χ4v) is 2.43. The van der Waals surface area contributed by atoms with Crippen molar-refractivity contribution in [1.29, 1.82) is 5.26 Å². The van der Waals surface area contributed by atoms with Gasteiger partial charge in [-0.15, -0.1) is 0 Å². The SMILES string of the molecule is CCC1CCCC(NC(=O)C(C#N)CC)C1. The molecular weight excluding hydrogens is 200 g/mol. The topological polar surface area (TPSA) is 52.9 Å². The second-order valence-corrected chi connectivity index (χ2v) is 4.74. The van der Waals surface area contributed by atoms with Gasteiger partial charge in [0.15, 0.2) is 0 Å². The second kappa shape index (κ2) is 6.52. The molecule has 0 aromatic carbocycles. The van der Waals surface area contributed by atoms with Crippen molar-refractivity contribution in [2.24, 2.45) is 11.8 Å². The summed E-state index contributed by atoms with van der Waals surface area (Å²) in [5.41, 5.74) is 0. The molecule has 0 heterocycles.